The number of fused-ring (bicyclic) bond motifs is 1. The van der Waals surface area contributed by atoms with Crippen LogP contribution in [0.25, 0.3) is 0 Å². The Kier molecular flexibility index (Phi) is 4.03. The molecule has 0 aliphatic carbocycles. The Labute approximate surface area is 146 Å². The average Bonchev–Trinajstić information content (AvgIpc) is 3.24. The number of carbonyl (C=O) groups excluding carboxylic acids is 2. The molecular weight excluding hydrogens is 316 g/mol. The van der Waals surface area contributed by atoms with Gasteiger partial charge in [-0.15, -0.1) is 0 Å². The smallest absolute Gasteiger partial charge is 0.236 e. The van der Waals surface area contributed by atoms with Crippen LogP contribution in [0.5, 0.6) is 0 Å². The Balaban J connectivity index is 1.58. The van der Waals surface area contributed by atoms with Crippen LogP contribution in [0, 0.1) is 5.92 Å². The number of aromatic nitrogens is 2. The lowest BCUT2D eigenvalue weighted by Gasteiger charge is -2.30. The summed E-state index contributed by atoms with van der Waals surface area (Å²) in [6.07, 6.45) is 1.60. The van der Waals surface area contributed by atoms with E-state index in [1.54, 1.807) is 0 Å². The average molecular weight is 338 g/mol. The molecule has 6 heteroatoms. The first kappa shape index (κ1) is 15.9. The summed E-state index contributed by atoms with van der Waals surface area (Å²) >= 11 is 0. The van der Waals surface area contributed by atoms with Crippen LogP contribution in [0.4, 0.5) is 0 Å². The molecule has 2 atom stereocenters. The third-order valence-electron chi connectivity index (χ3n) is 5.34. The largest absolute Gasteiger partial charge is 0.355 e. The van der Waals surface area contributed by atoms with Crippen LogP contribution in [0.15, 0.2) is 30.3 Å². The Morgan fingerprint density at radius 1 is 1.32 bits per heavy atom. The normalized spacial score (nSPS) is 22.6. The second-order valence-corrected chi connectivity index (χ2v) is 6.73. The first-order chi connectivity index (χ1) is 12.2. The highest BCUT2D eigenvalue weighted by Crippen LogP contribution is 2.32. The van der Waals surface area contributed by atoms with Gasteiger partial charge in [0.25, 0.3) is 0 Å². The molecule has 6 nitrogen and oxygen atoms in total. The molecule has 1 fully saturated rings. The van der Waals surface area contributed by atoms with Gasteiger partial charge in [0, 0.05) is 43.2 Å². The standard InChI is InChI=1S/C19H22N4O2/c1-2-15-14-11-23(9-8-16(14)22-21-15)19(25)17-13(10-20-18(17)24)12-6-4-3-5-7-12/h3-7,13,17H,2,8-11H2,1H3,(H,20,24)(H,21,22). The van der Waals surface area contributed by atoms with Crippen molar-refractivity contribution < 1.29 is 9.59 Å². The van der Waals surface area contributed by atoms with Crippen LogP contribution in [0.2, 0.25) is 0 Å². The maximum atomic E-state index is 13.2. The monoisotopic (exact) mass is 338 g/mol. The molecule has 0 spiro atoms. The van der Waals surface area contributed by atoms with Gasteiger partial charge in [0.1, 0.15) is 5.92 Å². The van der Waals surface area contributed by atoms with Crippen LogP contribution >= 0.6 is 0 Å². The van der Waals surface area contributed by atoms with Gasteiger partial charge in [-0.2, -0.15) is 5.10 Å². The number of hydrogen-bond acceptors (Lipinski definition) is 3. The zero-order chi connectivity index (χ0) is 17.4. The van der Waals surface area contributed by atoms with Gasteiger partial charge in [0.15, 0.2) is 0 Å². The molecule has 2 aromatic rings. The summed E-state index contributed by atoms with van der Waals surface area (Å²) in [7, 11) is 0. The van der Waals surface area contributed by atoms with Gasteiger partial charge < -0.3 is 10.2 Å². The zero-order valence-corrected chi connectivity index (χ0v) is 14.3. The molecule has 1 saturated heterocycles. The fourth-order valence-corrected chi connectivity index (χ4v) is 3.95. The van der Waals surface area contributed by atoms with E-state index >= 15 is 0 Å². The first-order valence-electron chi connectivity index (χ1n) is 8.85. The fraction of sp³-hybridized carbons (Fsp3) is 0.421. The minimum Gasteiger partial charge on any atom is -0.355 e. The number of rotatable bonds is 3. The first-order valence-corrected chi connectivity index (χ1v) is 8.85. The van der Waals surface area contributed by atoms with Gasteiger partial charge >= 0.3 is 0 Å². The van der Waals surface area contributed by atoms with Crippen LogP contribution in [0.1, 0.15) is 35.4 Å². The number of amides is 2. The molecule has 2 unspecified atom stereocenters. The van der Waals surface area contributed by atoms with Gasteiger partial charge in [0.05, 0.1) is 5.69 Å². The third-order valence-corrected chi connectivity index (χ3v) is 5.34. The number of H-pyrrole nitrogens is 1. The van der Waals surface area contributed by atoms with E-state index in [9.17, 15) is 9.59 Å². The van der Waals surface area contributed by atoms with Crippen molar-refractivity contribution in [2.75, 3.05) is 13.1 Å². The molecule has 2 N–H and O–H groups in total. The topological polar surface area (TPSA) is 78.1 Å². The number of nitrogens with zero attached hydrogens (tertiary/aromatic N) is 2. The SMILES string of the molecule is CCc1n[nH]c2c1CN(C(=O)C1C(=O)NCC1c1ccccc1)CC2. The van der Waals surface area contributed by atoms with Crippen LogP contribution < -0.4 is 5.32 Å². The van der Waals surface area contributed by atoms with E-state index in [1.165, 1.54) is 0 Å². The molecule has 4 rings (SSSR count). The number of carbonyl (C=O) groups is 2. The summed E-state index contributed by atoms with van der Waals surface area (Å²) in [6, 6.07) is 9.83. The minimum atomic E-state index is -0.638. The maximum Gasteiger partial charge on any atom is 0.236 e. The molecule has 3 heterocycles. The number of aryl methyl sites for hydroxylation is 1. The Morgan fingerprint density at radius 2 is 2.12 bits per heavy atom. The summed E-state index contributed by atoms with van der Waals surface area (Å²) in [5.41, 5.74) is 4.30. The van der Waals surface area contributed by atoms with Crippen molar-refractivity contribution >= 4 is 11.8 Å². The van der Waals surface area contributed by atoms with Crippen molar-refractivity contribution in [1.29, 1.82) is 0 Å². The number of hydrogen-bond donors (Lipinski definition) is 2. The van der Waals surface area contributed by atoms with Crippen molar-refractivity contribution in [3.05, 3.63) is 52.8 Å². The van der Waals surface area contributed by atoms with Crippen molar-refractivity contribution in [2.24, 2.45) is 5.92 Å². The molecule has 2 aliphatic rings. The molecule has 1 aromatic heterocycles. The Hall–Kier alpha value is -2.63. The highest BCUT2D eigenvalue weighted by Gasteiger charge is 2.43. The van der Waals surface area contributed by atoms with E-state index in [4.69, 9.17) is 0 Å². The molecule has 2 amide bonds. The maximum absolute atomic E-state index is 13.2. The van der Waals surface area contributed by atoms with Gasteiger partial charge in [-0.25, -0.2) is 0 Å². The van der Waals surface area contributed by atoms with Crippen molar-refractivity contribution in [3.63, 3.8) is 0 Å². The van der Waals surface area contributed by atoms with Gasteiger partial charge in [-0.1, -0.05) is 37.3 Å². The molecule has 0 bridgehead atoms. The molecular formula is C19H22N4O2. The summed E-state index contributed by atoms with van der Waals surface area (Å²) in [6.45, 7) is 3.75. The van der Waals surface area contributed by atoms with Crippen LogP contribution in [-0.2, 0) is 29.0 Å². The van der Waals surface area contributed by atoms with E-state index in [2.05, 4.69) is 22.4 Å². The summed E-state index contributed by atoms with van der Waals surface area (Å²) in [5.74, 6) is -0.969. The summed E-state index contributed by atoms with van der Waals surface area (Å²) in [5, 5.41) is 10.3. The van der Waals surface area contributed by atoms with E-state index in [0.29, 0.717) is 19.6 Å². The predicted octanol–water partition coefficient (Wildman–Crippen LogP) is 1.39. The van der Waals surface area contributed by atoms with Crippen molar-refractivity contribution in [1.82, 2.24) is 20.4 Å². The summed E-state index contributed by atoms with van der Waals surface area (Å²) < 4.78 is 0. The Bertz CT molecular complexity index is 786. The van der Waals surface area contributed by atoms with Crippen molar-refractivity contribution in [2.45, 2.75) is 32.2 Å². The van der Waals surface area contributed by atoms with Crippen LogP contribution in [0.3, 0.4) is 0 Å². The lowest BCUT2D eigenvalue weighted by Crippen LogP contribution is -2.43. The van der Waals surface area contributed by atoms with Gasteiger partial charge in [-0.3, -0.25) is 14.7 Å². The fourth-order valence-electron chi connectivity index (χ4n) is 3.95. The van der Waals surface area contributed by atoms with E-state index in [0.717, 1.165) is 35.4 Å². The summed E-state index contributed by atoms with van der Waals surface area (Å²) in [4.78, 5) is 27.4. The molecule has 0 radical (unpaired) electrons. The zero-order valence-electron chi connectivity index (χ0n) is 14.3. The third kappa shape index (κ3) is 2.71. The highest BCUT2D eigenvalue weighted by molar-refractivity contribution is 6.03. The molecule has 2 aliphatic heterocycles. The number of nitrogens with one attached hydrogen (secondary N) is 2. The van der Waals surface area contributed by atoms with Gasteiger partial charge in [0.2, 0.25) is 11.8 Å². The van der Waals surface area contributed by atoms with E-state index < -0.39 is 5.92 Å². The lowest BCUT2D eigenvalue weighted by atomic mass is 9.87. The van der Waals surface area contributed by atoms with Crippen molar-refractivity contribution in [3.8, 4) is 0 Å². The molecule has 130 valence electrons. The quantitative estimate of drug-likeness (QED) is 0.830. The van der Waals surface area contributed by atoms with E-state index in [1.807, 2.05) is 35.2 Å². The molecule has 25 heavy (non-hydrogen) atoms. The number of benzene rings is 1. The Morgan fingerprint density at radius 3 is 2.88 bits per heavy atom. The second-order valence-electron chi connectivity index (χ2n) is 6.73. The second kappa shape index (κ2) is 6.35. The van der Waals surface area contributed by atoms with E-state index in [-0.39, 0.29) is 17.7 Å². The highest BCUT2D eigenvalue weighted by atomic mass is 16.2. The predicted molar refractivity (Wildman–Crippen MR) is 92.8 cm³/mol. The van der Waals surface area contributed by atoms with Crippen LogP contribution in [-0.4, -0.2) is 40.0 Å². The van der Waals surface area contributed by atoms with Gasteiger partial charge in [-0.05, 0) is 12.0 Å². The minimum absolute atomic E-state index is 0.0715. The number of aromatic amines is 1. The lowest BCUT2D eigenvalue weighted by molar-refractivity contribution is -0.141. The molecule has 0 saturated carbocycles. The molecule has 1 aromatic carbocycles.